The van der Waals surface area contributed by atoms with Crippen molar-refractivity contribution in [2.24, 2.45) is 0 Å². The molecular weight excluding hydrogens is 243 g/mol. The lowest BCUT2D eigenvalue weighted by Crippen LogP contribution is -2.34. The lowest BCUT2D eigenvalue weighted by atomic mass is 10.2. The topological polar surface area (TPSA) is 46.4 Å². The molecule has 2 fully saturated rings. The van der Waals surface area contributed by atoms with E-state index in [2.05, 4.69) is 0 Å². The third-order valence-electron chi connectivity index (χ3n) is 3.35. The second-order valence-corrected chi connectivity index (χ2v) is 5.72. The minimum Gasteiger partial charge on any atom is -0.364 e. The van der Waals surface area contributed by atoms with Crippen molar-refractivity contribution in [3.8, 4) is 0 Å². The van der Waals surface area contributed by atoms with Gasteiger partial charge >= 0.3 is 0 Å². The average molecular weight is 254 g/mol. The van der Waals surface area contributed by atoms with E-state index in [1.54, 1.807) is 0 Å². The monoisotopic (exact) mass is 254 g/mol. The lowest BCUT2D eigenvalue weighted by molar-refractivity contribution is -0.385. The fourth-order valence-corrected chi connectivity index (χ4v) is 3.97. The number of anilines is 1. The number of hydrogen-bond donors (Lipinski definition) is 0. The van der Waals surface area contributed by atoms with E-state index in [1.807, 2.05) is 16.7 Å². The van der Waals surface area contributed by atoms with Gasteiger partial charge in [0, 0.05) is 29.7 Å². The molecule has 17 heavy (non-hydrogen) atoms. The molecular formula is C11H11FN2O2S. The summed E-state index contributed by atoms with van der Waals surface area (Å²) in [5.74, 6) is 0.540. The predicted octanol–water partition coefficient (Wildman–Crippen LogP) is 2.43. The van der Waals surface area contributed by atoms with Gasteiger partial charge in [0.25, 0.3) is 5.69 Å². The summed E-state index contributed by atoms with van der Waals surface area (Å²) in [4.78, 5) is 12.0. The molecule has 0 spiro atoms. The fourth-order valence-electron chi connectivity index (χ4n) is 2.54. The van der Waals surface area contributed by atoms with Gasteiger partial charge in [-0.15, -0.1) is 0 Å². The van der Waals surface area contributed by atoms with Crippen molar-refractivity contribution in [1.29, 1.82) is 0 Å². The summed E-state index contributed by atoms with van der Waals surface area (Å²) >= 11 is 1.93. The van der Waals surface area contributed by atoms with Crippen molar-refractivity contribution in [1.82, 2.24) is 0 Å². The summed E-state index contributed by atoms with van der Waals surface area (Å²) in [6, 6.07) is 4.30. The maximum Gasteiger partial charge on any atom is 0.272 e. The second-order valence-electron chi connectivity index (χ2n) is 4.39. The number of nitro benzene ring substituents is 1. The number of halogens is 1. The first-order valence-electron chi connectivity index (χ1n) is 5.47. The molecule has 0 N–H and O–H groups in total. The number of rotatable bonds is 2. The third kappa shape index (κ3) is 1.76. The van der Waals surface area contributed by atoms with Crippen LogP contribution in [0.25, 0.3) is 0 Å². The van der Waals surface area contributed by atoms with Gasteiger partial charge in [0.05, 0.1) is 16.7 Å². The van der Waals surface area contributed by atoms with Crippen LogP contribution in [0.2, 0.25) is 0 Å². The van der Waals surface area contributed by atoms with Crippen LogP contribution in [0.15, 0.2) is 18.2 Å². The zero-order valence-corrected chi connectivity index (χ0v) is 9.82. The van der Waals surface area contributed by atoms with Crippen LogP contribution in [0.5, 0.6) is 0 Å². The first-order valence-corrected chi connectivity index (χ1v) is 6.52. The van der Waals surface area contributed by atoms with Crippen molar-refractivity contribution >= 4 is 23.1 Å². The van der Waals surface area contributed by atoms with Crippen molar-refractivity contribution in [2.75, 3.05) is 17.2 Å². The molecule has 2 saturated heterocycles. The van der Waals surface area contributed by atoms with Gasteiger partial charge in [-0.2, -0.15) is 11.8 Å². The Hall–Kier alpha value is -1.30. The molecule has 2 bridgehead atoms. The highest BCUT2D eigenvalue weighted by Gasteiger charge is 2.39. The maximum atomic E-state index is 13.8. The van der Waals surface area contributed by atoms with Crippen LogP contribution < -0.4 is 4.90 Å². The first-order chi connectivity index (χ1) is 8.15. The van der Waals surface area contributed by atoms with E-state index < -0.39 is 10.7 Å². The Balaban J connectivity index is 1.91. The summed E-state index contributed by atoms with van der Waals surface area (Å²) in [7, 11) is 0. The van der Waals surface area contributed by atoms with Crippen LogP contribution in [0, 0.1) is 15.9 Å². The van der Waals surface area contributed by atoms with E-state index in [0.29, 0.717) is 17.0 Å². The Morgan fingerprint density at radius 2 is 2.35 bits per heavy atom. The van der Waals surface area contributed by atoms with Crippen LogP contribution in [-0.2, 0) is 0 Å². The molecule has 0 aromatic heterocycles. The molecule has 0 amide bonds. The number of benzene rings is 1. The highest BCUT2D eigenvalue weighted by atomic mass is 32.2. The number of hydrogen-bond acceptors (Lipinski definition) is 4. The maximum absolute atomic E-state index is 13.8. The van der Waals surface area contributed by atoms with Gasteiger partial charge in [-0.25, -0.2) is 4.39 Å². The van der Waals surface area contributed by atoms with Crippen LogP contribution in [0.4, 0.5) is 15.8 Å². The Labute approximate surface area is 102 Å². The molecule has 2 aliphatic rings. The quantitative estimate of drug-likeness (QED) is 0.600. The third-order valence-corrected chi connectivity index (χ3v) is 4.74. The van der Waals surface area contributed by atoms with E-state index in [4.69, 9.17) is 0 Å². The largest absolute Gasteiger partial charge is 0.364 e. The Morgan fingerprint density at radius 1 is 1.53 bits per heavy atom. The number of nitrogens with zero attached hydrogens (tertiary/aromatic N) is 2. The molecule has 6 heteroatoms. The van der Waals surface area contributed by atoms with Gasteiger partial charge in [0.2, 0.25) is 0 Å². The summed E-state index contributed by atoms with van der Waals surface area (Å²) in [5, 5.41) is 11.1. The van der Waals surface area contributed by atoms with E-state index >= 15 is 0 Å². The standard InChI is InChI=1S/C11H11FN2O2S/c12-10-4-7(14(15)16)1-2-11(10)13-5-9-3-8(13)6-17-9/h1-2,4,8-9H,3,5-6H2. The normalized spacial score (nSPS) is 26.5. The Morgan fingerprint density at radius 3 is 2.88 bits per heavy atom. The van der Waals surface area contributed by atoms with Crippen molar-refractivity contribution in [3.05, 3.63) is 34.1 Å². The van der Waals surface area contributed by atoms with Gasteiger partial charge in [-0.3, -0.25) is 10.1 Å². The van der Waals surface area contributed by atoms with Crippen molar-refractivity contribution in [2.45, 2.75) is 17.7 Å². The highest BCUT2D eigenvalue weighted by molar-refractivity contribution is 8.00. The molecule has 2 aliphatic heterocycles. The summed E-state index contributed by atoms with van der Waals surface area (Å²) in [5.41, 5.74) is 0.313. The molecule has 3 rings (SSSR count). The zero-order chi connectivity index (χ0) is 12.0. The molecule has 4 nitrogen and oxygen atoms in total. The summed E-state index contributed by atoms with van der Waals surface area (Å²) in [6.45, 7) is 0.851. The second kappa shape index (κ2) is 3.87. The Kier molecular flexibility index (Phi) is 2.47. The highest BCUT2D eigenvalue weighted by Crippen LogP contribution is 2.41. The van der Waals surface area contributed by atoms with E-state index in [1.165, 1.54) is 12.1 Å². The van der Waals surface area contributed by atoms with E-state index in [-0.39, 0.29) is 5.69 Å². The molecule has 90 valence electrons. The molecule has 1 aromatic carbocycles. The minimum absolute atomic E-state index is 0.190. The lowest BCUT2D eigenvalue weighted by Gasteiger charge is -2.28. The van der Waals surface area contributed by atoms with E-state index in [0.717, 1.165) is 24.8 Å². The molecule has 1 aromatic rings. The summed E-state index contributed by atoms with van der Waals surface area (Å²) in [6.07, 6.45) is 1.10. The molecule has 0 aliphatic carbocycles. The number of non-ortho nitro benzene ring substituents is 1. The predicted molar refractivity (Wildman–Crippen MR) is 65.1 cm³/mol. The van der Waals surface area contributed by atoms with Gasteiger partial charge in [0.1, 0.15) is 0 Å². The molecule has 2 heterocycles. The molecule has 2 atom stereocenters. The number of thioether (sulfide) groups is 1. The Bertz CT molecular complexity index is 483. The molecule has 0 radical (unpaired) electrons. The van der Waals surface area contributed by atoms with Gasteiger partial charge in [-0.1, -0.05) is 0 Å². The van der Waals surface area contributed by atoms with Gasteiger partial charge in [-0.05, 0) is 12.5 Å². The summed E-state index contributed by atoms with van der Waals surface area (Å²) < 4.78 is 13.8. The van der Waals surface area contributed by atoms with Crippen LogP contribution in [0.3, 0.4) is 0 Å². The van der Waals surface area contributed by atoms with Gasteiger partial charge in [0.15, 0.2) is 5.82 Å². The number of fused-ring (bicyclic) bond motifs is 2. The van der Waals surface area contributed by atoms with Gasteiger partial charge < -0.3 is 4.90 Å². The first kappa shape index (κ1) is 10.8. The van der Waals surface area contributed by atoms with E-state index in [9.17, 15) is 14.5 Å². The average Bonchev–Trinajstić information content (AvgIpc) is 2.90. The van der Waals surface area contributed by atoms with Crippen molar-refractivity contribution < 1.29 is 9.31 Å². The minimum atomic E-state index is -0.571. The molecule has 2 unspecified atom stereocenters. The smallest absolute Gasteiger partial charge is 0.272 e. The van der Waals surface area contributed by atoms with Crippen LogP contribution >= 0.6 is 11.8 Å². The SMILES string of the molecule is O=[N+]([O-])c1ccc(N2CC3CC2CS3)c(F)c1. The number of nitro groups is 1. The molecule has 0 saturated carbocycles. The fraction of sp³-hybridized carbons (Fsp3) is 0.455. The van der Waals surface area contributed by atoms with Crippen molar-refractivity contribution in [3.63, 3.8) is 0 Å². The zero-order valence-electron chi connectivity index (χ0n) is 9.01. The van der Waals surface area contributed by atoms with Crippen LogP contribution in [0.1, 0.15) is 6.42 Å². The van der Waals surface area contributed by atoms with Crippen LogP contribution in [-0.4, -0.2) is 28.5 Å².